The van der Waals surface area contributed by atoms with Crippen molar-refractivity contribution in [3.8, 4) is 11.3 Å². The van der Waals surface area contributed by atoms with E-state index in [1.165, 1.54) is 19.4 Å². The van der Waals surface area contributed by atoms with E-state index in [1.54, 1.807) is 18.2 Å². The molecule has 0 aliphatic rings. The van der Waals surface area contributed by atoms with Crippen LogP contribution in [0.3, 0.4) is 0 Å². The predicted molar refractivity (Wildman–Crippen MR) is 76.0 cm³/mol. The Morgan fingerprint density at radius 1 is 1.16 bits per heavy atom. The minimum atomic E-state index is -0.541. The van der Waals surface area contributed by atoms with Gasteiger partial charge in [0.05, 0.1) is 28.4 Å². The molecule has 0 aliphatic carbocycles. The van der Waals surface area contributed by atoms with Crippen molar-refractivity contribution in [3.05, 3.63) is 51.1 Å². The number of carbonyl (C=O) groups excluding carboxylic acids is 1. The molecule has 0 unspecified atom stereocenters. The van der Waals surface area contributed by atoms with Gasteiger partial charge in [0.25, 0.3) is 0 Å². The van der Waals surface area contributed by atoms with E-state index in [0.29, 0.717) is 26.3 Å². The van der Waals surface area contributed by atoms with Gasteiger partial charge in [-0.15, -0.1) is 0 Å². The van der Waals surface area contributed by atoms with Gasteiger partial charge in [-0.25, -0.2) is 4.79 Å². The molecule has 0 spiro atoms. The van der Waals surface area contributed by atoms with Crippen LogP contribution in [0.4, 0.5) is 0 Å². The third kappa shape index (κ3) is 3.00. The highest BCUT2D eigenvalue weighted by Gasteiger charge is 2.17. The quantitative estimate of drug-likeness (QED) is 0.766. The summed E-state index contributed by atoms with van der Waals surface area (Å²) in [4.78, 5) is 15.9. The number of pyridine rings is 1. The number of methoxy groups -OCH3 is 1. The summed E-state index contributed by atoms with van der Waals surface area (Å²) < 4.78 is 4.71. The maximum Gasteiger partial charge on any atom is 0.340 e. The van der Waals surface area contributed by atoms with Gasteiger partial charge in [0.2, 0.25) is 0 Å². The van der Waals surface area contributed by atoms with Crippen LogP contribution in [0.5, 0.6) is 0 Å². The first-order valence-corrected chi connectivity index (χ1v) is 6.35. The smallest absolute Gasteiger partial charge is 0.340 e. The highest BCUT2D eigenvalue weighted by Crippen LogP contribution is 2.32. The zero-order chi connectivity index (χ0) is 14.0. The second kappa shape index (κ2) is 5.78. The number of ether oxygens (including phenoxy) is 1. The summed E-state index contributed by atoms with van der Waals surface area (Å²) in [7, 11) is 1.28. The lowest BCUT2D eigenvalue weighted by molar-refractivity contribution is 0.0601. The molecule has 0 amide bonds. The molecule has 98 valence electrons. The van der Waals surface area contributed by atoms with E-state index in [2.05, 4.69) is 4.98 Å². The molecule has 0 saturated carbocycles. The molecule has 0 aliphatic heterocycles. The molecule has 3 nitrogen and oxygen atoms in total. The van der Waals surface area contributed by atoms with Crippen molar-refractivity contribution in [1.29, 1.82) is 0 Å². The number of nitrogens with zero attached hydrogens (tertiary/aromatic N) is 1. The summed E-state index contributed by atoms with van der Waals surface area (Å²) >= 11 is 17.9. The fourth-order valence-electron chi connectivity index (χ4n) is 1.60. The molecule has 0 saturated heterocycles. The fourth-order valence-corrected chi connectivity index (χ4v) is 2.14. The van der Waals surface area contributed by atoms with Crippen LogP contribution >= 0.6 is 34.8 Å². The monoisotopic (exact) mass is 315 g/mol. The van der Waals surface area contributed by atoms with Crippen molar-refractivity contribution < 1.29 is 9.53 Å². The van der Waals surface area contributed by atoms with Gasteiger partial charge in [-0.3, -0.25) is 4.98 Å². The maximum absolute atomic E-state index is 11.8. The Hall–Kier alpha value is -1.29. The Balaban J connectivity index is 2.68. The first-order chi connectivity index (χ1) is 9.02. The van der Waals surface area contributed by atoms with Gasteiger partial charge in [-0.05, 0) is 24.3 Å². The summed E-state index contributed by atoms with van der Waals surface area (Å²) in [6, 6.07) is 6.40. The number of aromatic nitrogens is 1. The average Bonchev–Trinajstić information content (AvgIpc) is 2.41. The van der Waals surface area contributed by atoms with Gasteiger partial charge in [-0.1, -0.05) is 34.8 Å². The number of carbonyl (C=O) groups is 1. The van der Waals surface area contributed by atoms with Crippen molar-refractivity contribution in [2.45, 2.75) is 0 Å². The molecule has 1 aromatic carbocycles. The van der Waals surface area contributed by atoms with Crippen molar-refractivity contribution >= 4 is 40.8 Å². The van der Waals surface area contributed by atoms with Crippen LogP contribution in [0, 0.1) is 0 Å². The standard InChI is InChI=1S/C13H8Cl3NO2/c1-19-13(18)10-5-8(15)6-17-12(10)9-4-7(14)2-3-11(9)16/h2-6H,1H3. The molecule has 2 aromatic rings. The molecular formula is C13H8Cl3NO2. The zero-order valence-corrected chi connectivity index (χ0v) is 12.1. The van der Waals surface area contributed by atoms with E-state index >= 15 is 0 Å². The van der Waals surface area contributed by atoms with Gasteiger partial charge < -0.3 is 4.74 Å². The highest BCUT2D eigenvalue weighted by atomic mass is 35.5. The number of rotatable bonds is 2. The SMILES string of the molecule is COC(=O)c1cc(Cl)cnc1-c1cc(Cl)ccc1Cl. The Labute approximate surface area is 125 Å². The van der Waals surface area contributed by atoms with E-state index < -0.39 is 5.97 Å². The summed E-state index contributed by atoms with van der Waals surface area (Å²) in [5.74, 6) is -0.541. The summed E-state index contributed by atoms with van der Waals surface area (Å²) in [5, 5.41) is 1.26. The van der Waals surface area contributed by atoms with E-state index in [9.17, 15) is 4.79 Å². The van der Waals surface area contributed by atoms with Gasteiger partial charge in [0.1, 0.15) is 0 Å². The number of hydrogen-bond donors (Lipinski definition) is 0. The molecule has 0 atom stereocenters. The van der Waals surface area contributed by atoms with Gasteiger partial charge in [0, 0.05) is 16.8 Å². The third-order valence-corrected chi connectivity index (χ3v) is 3.21. The molecular weight excluding hydrogens is 309 g/mol. The van der Waals surface area contributed by atoms with Crippen LogP contribution in [0.15, 0.2) is 30.5 Å². The molecule has 0 radical (unpaired) electrons. The number of esters is 1. The second-order valence-electron chi connectivity index (χ2n) is 3.67. The van der Waals surface area contributed by atoms with Crippen molar-refractivity contribution in [2.24, 2.45) is 0 Å². The number of benzene rings is 1. The molecule has 0 N–H and O–H groups in total. The molecule has 0 fully saturated rings. The highest BCUT2D eigenvalue weighted by molar-refractivity contribution is 6.35. The minimum absolute atomic E-state index is 0.235. The fraction of sp³-hybridized carbons (Fsp3) is 0.0769. The number of hydrogen-bond acceptors (Lipinski definition) is 3. The van der Waals surface area contributed by atoms with E-state index in [-0.39, 0.29) is 5.56 Å². The Morgan fingerprint density at radius 2 is 1.89 bits per heavy atom. The zero-order valence-electron chi connectivity index (χ0n) is 9.78. The largest absolute Gasteiger partial charge is 0.465 e. The van der Waals surface area contributed by atoms with Crippen molar-refractivity contribution in [2.75, 3.05) is 7.11 Å². The molecule has 1 heterocycles. The molecule has 19 heavy (non-hydrogen) atoms. The minimum Gasteiger partial charge on any atom is -0.465 e. The average molecular weight is 317 g/mol. The summed E-state index contributed by atoms with van der Waals surface area (Å²) in [5.41, 5.74) is 1.16. The lowest BCUT2D eigenvalue weighted by Gasteiger charge is -2.09. The predicted octanol–water partition coefficient (Wildman–Crippen LogP) is 4.50. The van der Waals surface area contributed by atoms with Crippen LogP contribution in [-0.4, -0.2) is 18.1 Å². The first-order valence-electron chi connectivity index (χ1n) is 5.22. The molecule has 1 aromatic heterocycles. The lowest BCUT2D eigenvalue weighted by atomic mass is 10.1. The van der Waals surface area contributed by atoms with E-state index in [1.807, 2.05) is 0 Å². The van der Waals surface area contributed by atoms with Crippen molar-refractivity contribution in [1.82, 2.24) is 4.98 Å². The molecule has 2 rings (SSSR count). The van der Waals surface area contributed by atoms with Crippen LogP contribution in [0.25, 0.3) is 11.3 Å². The summed E-state index contributed by atoms with van der Waals surface area (Å²) in [6.07, 6.45) is 1.43. The number of halogens is 3. The Kier molecular flexibility index (Phi) is 4.30. The van der Waals surface area contributed by atoms with Gasteiger partial charge in [-0.2, -0.15) is 0 Å². The van der Waals surface area contributed by atoms with Gasteiger partial charge in [0.15, 0.2) is 0 Å². The van der Waals surface area contributed by atoms with E-state index in [4.69, 9.17) is 39.5 Å². The molecule has 6 heteroatoms. The van der Waals surface area contributed by atoms with Crippen molar-refractivity contribution in [3.63, 3.8) is 0 Å². The Morgan fingerprint density at radius 3 is 2.58 bits per heavy atom. The maximum atomic E-state index is 11.8. The third-order valence-electron chi connectivity index (χ3n) is 2.44. The topological polar surface area (TPSA) is 39.2 Å². The van der Waals surface area contributed by atoms with Crippen LogP contribution in [0.1, 0.15) is 10.4 Å². The Bertz CT molecular complexity index is 644. The first kappa shape index (κ1) is 14.1. The van der Waals surface area contributed by atoms with Crippen LogP contribution in [-0.2, 0) is 4.74 Å². The van der Waals surface area contributed by atoms with Crippen LogP contribution < -0.4 is 0 Å². The molecule has 0 bridgehead atoms. The van der Waals surface area contributed by atoms with Gasteiger partial charge >= 0.3 is 5.97 Å². The summed E-state index contributed by atoms with van der Waals surface area (Å²) in [6.45, 7) is 0. The van der Waals surface area contributed by atoms with Crippen LogP contribution in [0.2, 0.25) is 15.1 Å². The lowest BCUT2D eigenvalue weighted by Crippen LogP contribution is -2.05. The normalized spacial score (nSPS) is 10.3. The second-order valence-corrected chi connectivity index (χ2v) is 4.95. The van der Waals surface area contributed by atoms with E-state index in [0.717, 1.165) is 0 Å².